The van der Waals surface area contributed by atoms with Crippen molar-refractivity contribution in [3.05, 3.63) is 70.0 Å². The second-order valence-corrected chi connectivity index (χ2v) is 5.14. The van der Waals surface area contributed by atoms with Crippen LogP contribution in [0.4, 0.5) is 4.39 Å². The SMILES string of the molecule is Cc1ccc(CN[C@H](C)c2ccc(F)cc2)cc1Cl. The zero-order valence-electron chi connectivity index (χ0n) is 11.1. The molecule has 0 bridgehead atoms. The van der Waals surface area contributed by atoms with E-state index in [0.717, 1.165) is 28.3 Å². The van der Waals surface area contributed by atoms with Crippen LogP contribution in [0.3, 0.4) is 0 Å². The summed E-state index contributed by atoms with van der Waals surface area (Å²) < 4.78 is 12.8. The van der Waals surface area contributed by atoms with Crippen molar-refractivity contribution >= 4 is 11.6 Å². The van der Waals surface area contributed by atoms with E-state index in [1.165, 1.54) is 12.1 Å². The van der Waals surface area contributed by atoms with Crippen LogP contribution in [-0.2, 0) is 6.54 Å². The van der Waals surface area contributed by atoms with Crippen LogP contribution in [0.25, 0.3) is 0 Å². The number of rotatable bonds is 4. The molecule has 0 heterocycles. The molecule has 1 N–H and O–H groups in total. The minimum absolute atomic E-state index is 0.167. The Kier molecular flexibility index (Phi) is 4.56. The summed E-state index contributed by atoms with van der Waals surface area (Å²) in [5.41, 5.74) is 3.29. The van der Waals surface area contributed by atoms with Gasteiger partial charge in [-0.25, -0.2) is 4.39 Å². The first-order valence-electron chi connectivity index (χ1n) is 6.30. The van der Waals surface area contributed by atoms with Gasteiger partial charge in [-0.15, -0.1) is 0 Å². The van der Waals surface area contributed by atoms with Crippen LogP contribution in [0, 0.1) is 12.7 Å². The highest BCUT2D eigenvalue weighted by molar-refractivity contribution is 6.31. The van der Waals surface area contributed by atoms with Gasteiger partial charge in [0.05, 0.1) is 0 Å². The summed E-state index contributed by atoms with van der Waals surface area (Å²) in [5, 5.41) is 4.19. The average Bonchev–Trinajstić information content (AvgIpc) is 2.40. The summed E-state index contributed by atoms with van der Waals surface area (Å²) in [7, 11) is 0. The summed E-state index contributed by atoms with van der Waals surface area (Å²) in [4.78, 5) is 0. The lowest BCUT2D eigenvalue weighted by Gasteiger charge is -2.14. The predicted molar refractivity (Wildman–Crippen MR) is 77.8 cm³/mol. The highest BCUT2D eigenvalue weighted by Gasteiger charge is 2.05. The zero-order chi connectivity index (χ0) is 13.8. The monoisotopic (exact) mass is 277 g/mol. The Bertz CT molecular complexity index is 551. The van der Waals surface area contributed by atoms with Gasteiger partial charge in [-0.1, -0.05) is 35.9 Å². The van der Waals surface area contributed by atoms with Gasteiger partial charge >= 0.3 is 0 Å². The Labute approximate surface area is 118 Å². The Morgan fingerprint density at radius 1 is 1.16 bits per heavy atom. The summed E-state index contributed by atoms with van der Waals surface area (Å²) in [6.07, 6.45) is 0. The normalized spacial score (nSPS) is 12.4. The molecule has 0 saturated heterocycles. The number of aryl methyl sites for hydroxylation is 1. The lowest BCUT2D eigenvalue weighted by molar-refractivity contribution is 0.571. The molecule has 0 saturated carbocycles. The molecule has 2 rings (SSSR count). The first kappa shape index (κ1) is 14.0. The Morgan fingerprint density at radius 3 is 2.47 bits per heavy atom. The molecule has 19 heavy (non-hydrogen) atoms. The molecule has 0 radical (unpaired) electrons. The maximum absolute atomic E-state index is 12.8. The highest BCUT2D eigenvalue weighted by atomic mass is 35.5. The van der Waals surface area contributed by atoms with Gasteiger partial charge in [0.2, 0.25) is 0 Å². The first-order valence-corrected chi connectivity index (χ1v) is 6.68. The van der Waals surface area contributed by atoms with Gasteiger partial charge in [-0.2, -0.15) is 0 Å². The van der Waals surface area contributed by atoms with Crippen LogP contribution in [0.1, 0.15) is 29.7 Å². The van der Waals surface area contributed by atoms with Crippen LogP contribution < -0.4 is 5.32 Å². The van der Waals surface area contributed by atoms with Crippen molar-refractivity contribution in [2.45, 2.75) is 26.4 Å². The maximum Gasteiger partial charge on any atom is 0.123 e. The van der Waals surface area contributed by atoms with E-state index in [0.29, 0.717) is 0 Å². The van der Waals surface area contributed by atoms with Crippen LogP contribution in [-0.4, -0.2) is 0 Å². The van der Waals surface area contributed by atoms with E-state index in [4.69, 9.17) is 11.6 Å². The summed E-state index contributed by atoms with van der Waals surface area (Å²) >= 11 is 6.09. The van der Waals surface area contributed by atoms with Gasteiger partial charge in [0.1, 0.15) is 5.82 Å². The molecule has 1 atom stereocenters. The molecular weight excluding hydrogens is 261 g/mol. The third-order valence-electron chi connectivity index (χ3n) is 3.22. The van der Waals surface area contributed by atoms with Crippen molar-refractivity contribution in [2.24, 2.45) is 0 Å². The Morgan fingerprint density at radius 2 is 1.84 bits per heavy atom. The van der Waals surface area contributed by atoms with Crippen molar-refractivity contribution in [1.82, 2.24) is 5.32 Å². The molecular formula is C16H17ClFN. The van der Waals surface area contributed by atoms with Crippen molar-refractivity contribution in [2.75, 3.05) is 0 Å². The predicted octanol–water partition coefficient (Wildman–Crippen LogP) is 4.64. The fourth-order valence-corrected chi connectivity index (χ4v) is 2.09. The number of benzene rings is 2. The molecule has 3 heteroatoms. The van der Waals surface area contributed by atoms with Crippen molar-refractivity contribution in [1.29, 1.82) is 0 Å². The molecule has 0 fully saturated rings. The molecule has 0 amide bonds. The van der Waals surface area contributed by atoms with Gasteiger partial charge in [-0.05, 0) is 48.7 Å². The Hall–Kier alpha value is -1.38. The molecule has 0 aliphatic carbocycles. The molecule has 100 valence electrons. The van der Waals surface area contributed by atoms with Crippen molar-refractivity contribution in [3.8, 4) is 0 Å². The molecule has 2 aromatic carbocycles. The van der Waals surface area contributed by atoms with E-state index in [1.807, 2.05) is 19.1 Å². The van der Waals surface area contributed by atoms with E-state index in [2.05, 4.69) is 18.3 Å². The lowest BCUT2D eigenvalue weighted by atomic mass is 10.1. The average molecular weight is 278 g/mol. The fourth-order valence-electron chi connectivity index (χ4n) is 1.89. The summed E-state index contributed by atoms with van der Waals surface area (Å²) in [5.74, 6) is -0.207. The second-order valence-electron chi connectivity index (χ2n) is 4.74. The topological polar surface area (TPSA) is 12.0 Å². The van der Waals surface area contributed by atoms with Crippen molar-refractivity contribution in [3.63, 3.8) is 0 Å². The molecule has 0 aliphatic heterocycles. The van der Waals surface area contributed by atoms with E-state index < -0.39 is 0 Å². The molecule has 2 aromatic rings. The van der Waals surface area contributed by atoms with E-state index in [-0.39, 0.29) is 11.9 Å². The first-order chi connectivity index (χ1) is 9.06. The number of nitrogens with one attached hydrogen (secondary N) is 1. The Balaban J connectivity index is 1.98. The van der Waals surface area contributed by atoms with Crippen LogP contribution in [0.5, 0.6) is 0 Å². The molecule has 0 spiro atoms. The van der Waals surface area contributed by atoms with Crippen LogP contribution >= 0.6 is 11.6 Å². The minimum Gasteiger partial charge on any atom is -0.306 e. The van der Waals surface area contributed by atoms with Gasteiger partial charge in [0, 0.05) is 17.6 Å². The quantitative estimate of drug-likeness (QED) is 0.858. The van der Waals surface area contributed by atoms with Crippen LogP contribution in [0.15, 0.2) is 42.5 Å². The largest absolute Gasteiger partial charge is 0.306 e. The lowest BCUT2D eigenvalue weighted by Crippen LogP contribution is -2.18. The van der Waals surface area contributed by atoms with Crippen LogP contribution in [0.2, 0.25) is 5.02 Å². The summed E-state index contributed by atoms with van der Waals surface area (Å²) in [6, 6.07) is 12.8. The van der Waals surface area contributed by atoms with E-state index in [9.17, 15) is 4.39 Å². The molecule has 0 unspecified atom stereocenters. The van der Waals surface area contributed by atoms with Gasteiger partial charge in [0.25, 0.3) is 0 Å². The third-order valence-corrected chi connectivity index (χ3v) is 3.63. The third kappa shape index (κ3) is 3.79. The van der Waals surface area contributed by atoms with Gasteiger partial charge in [0.15, 0.2) is 0 Å². The van der Waals surface area contributed by atoms with E-state index >= 15 is 0 Å². The second kappa shape index (κ2) is 6.18. The minimum atomic E-state index is -0.207. The summed E-state index contributed by atoms with van der Waals surface area (Å²) in [6.45, 7) is 4.78. The smallest absolute Gasteiger partial charge is 0.123 e. The standard InChI is InChI=1S/C16H17ClFN/c1-11-3-4-13(9-16(11)17)10-19-12(2)14-5-7-15(18)8-6-14/h3-9,12,19H,10H2,1-2H3/t12-/m1/s1. The molecule has 0 aliphatic rings. The number of halogens is 2. The zero-order valence-corrected chi connectivity index (χ0v) is 11.8. The number of hydrogen-bond acceptors (Lipinski definition) is 1. The maximum atomic E-state index is 12.8. The van der Waals surface area contributed by atoms with E-state index in [1.54, 1.807) is 12.1 Å². The van der Waals surface area contributed by atoms with Crippen molar-refractivity contribution < 1.29 is 4.39 Å². The molecule has 1 nitrogen and oxygen atoms in total. The van der Waals surface area contributed by atoms with Gasteiger partial charge in [-0.3, -0.25) is 0 Å². The fraction of sp³-hybridized carbons (Fsp3) is 0.250. The van der Waals surface area contributed by atoms with Gasteiger partial charge < -0.3 is 5.32 Å². The highest BCUT2D eigenvalue weighted by Crippen LogP contribution is 2.18. The number of hydrogen-bond donors (Lipinski definition) is 1. The molecule has 0 aromatic heterocycles.